The van der Waals surface area contributed by atoms with E-state index in [1.807, 2.05) is 0 Å². The van der Waals surface area contributed by atoms with E-state index in [1.54, 1.807) is 0 Å². The molecule has 0 spiro atoms. The van der Waals surface area contributed by atoms with Crippen molar-refractivity contribution in [2.24, 2.45) is 11.8 Å². The average molecular weight is 494 g/mol. The molecule has 0 heterocycles. The molecule has 0 amide bonds. The van der Waals surface area contributed by atoms with Crippen molar-refractivity contribution < 1.29 is 25.8 Å². The molecule has 0 saturated carbocycles. The summed E-state index contributed by atoms with van der Waals surface area (Å²) in [5.74, 6) is 1.42. The summed E-state index contributed by atoms with van der Waals surface area (Å²) in [5, 5.41) is 0. The molecule has 0 aromatic rings. The van der Waals surface area contributed by atoms with Crippen molar-refractivity contribution in [2.45, 2.75) is 53.4 Å². The summed E-state index contributed by atoms with van der Waals surface area (Å²) in [7, 11) is 0. The van der Waals surface area contributed by atoms with E-state index in [2.05, 4.69) is 64.2 Å². The maximum absolute atomic E-state index is 3.31. The SMILES string of the molecule is CCC(C)C1=[C-]CC=C1.CCC(C)C1=[C-]CC=C1.Cl.Cl.[Hf]. The number of hydrogen-bond acceptors (Lipinski definition) is 0. The molecule has 0 aromatic heterocycles. The van der Waals surface area contributed by atoms with E-state index < -0.39 is 0 Å². The predicted octanol–water partition coefficient (Wildman–Crippen LogP) is 6.29. The van der Waals surface area contributed by atoms with Crippen molar-refractivity contribution in [3.8, 4) is 0 Å². The smallest absolute Gasteiger partial charge is 0 e. The van der Waals surface area contributed by atoms with Crippen molar-refractivity contribution in [3.05, 3.63) is 47.6 Å². The summed E-state index contributed by atoms with van der Waals surface area (Å²) in [5.41, 5.74) is 2.80. The van der Waals surface area contributed by atoms with E-state index in [9.17, 15) is 0 Å². The van der Waals surface area contributed by atoms with Gasteiger partial charge in [0.15, 0.2) is 0 Å². The van der Waals surface area contributed by atoms with E-state index in [0.29, 0.717) is 11.8 Å². The van der Waals surface area contributed by atoms with Gasteiger partial charge in [0, 0.05) is 25.8 Å². The Morgan fingerprint density at radius 1 is 0.857 bits per heavy atom. The standard InChI is InChI=1S/2C9H13.2ClH.Hf/c2*1-3-8(2)9-6-4-5-7-9;;;/h2*4,6,8H,3,5H2,1-2H3;2*1H;/q2*-1;;;. The fraction of sp³-hybridized carbons (Fsp3) is 0.556. The van der Waals surface area contributed by atoms with Crippen LogP contribution in [0.25, 0.3) is 0 Å². The molecule has 0 aromatic carbocycles. The minimum absolute atomic E-state index is 0. The van der Waals surface area contributed by atoms with E-state index in [0.717, 1.165) is 12.8 Å². The van der Waals surface area contributed by atoms with Crippen LogP contribution in [-0.4, -0.2) is 0 Å². The number of halogens is 2. The molecule has 2 unspecified atom stereocenters. The summed E-state index contributed by atoms with van der Waals surface area (Å²) in [4.78, 5) is 0. The molecule has 0 nitrogen and oxygen atoms in total. The fourth-order valence-corrected chi connectivity index (χ4v) is 1.96. The van der Waals surface area contributed by atoms with Gasteiger partial charge < -0.3 is 0 Å². The first-order valence-electron chi connectivity index (χ1n) is 7.23. The van der Waals surface area contributed by atoms with Gasteiger partial charge in [-0.15, -0.1) is 37.7 Å². The van der Waals surface area contributed by atoms with Crippen LogP contribution in [0.15, 0.2) is 35.5 Å². The Bertz CT molecular complexity index is 331. The molecule has 21 heavy (non-hydrogen) atoms. The minimum Gasteiger partial charge on any atom is -0.269 e. The normalized spacial score (nSPS) is 17.1. The second kappa shape index (κ2) is 15.3. The molecule has 2 rings (SSSR count). The molecule has 2 atom stereocenters. The first-order chi connectivity index (χ1) is 8.69. The Morgan fingerprint density at radius 2 is 1.19 bits per heavy atom. The van der Waals surface area contributed by atoms with Crippen LogP contribution in [0, 0.1) is 24.0 Å². The number of hydrogen-bond donors (Lipinski definition) is 0. The second-order valence-corrected chi connectivity index (χ2v) is 5.10. The van der Waals surface area contributed by atoms with Crippen LogP contribution >= 0.6 is 24.8 Å². The molecular formula is C18H28Cl2Hf-2. The summed E-state index contributed by atoms with van der Waals surface area (Å²) in [6.07, 6.45) is 19.9. The zero-order valence-corrected chi connectivity index (χ0v) is 18.8. The third-order valence-electron chi connectivity index (χ3n) is 3.73. The van der Waals surface area contributed by atoms with E-state index >= 15 is 0 Å². The second-order valence-electron chi connectivity index (χ2n) is 5.10. The van der Waals surface area contributed by atoms with E-state index in [-0.39, 0.29) is 50.7 Å². The molecule has 0 saturated heterocycles. The van der Waals surface area contributed by atoms with Crippen molar-refractivity contribution in [1.82, 2.24) is 0 Å². The minimum atomic E-state index is 0. The van der Waals surface area contributed by atoms with E-state index in [1.165, 1.54) is 24.0 Å². The van der Waals surface area contributed by atoms with Gasteiger partial charge in [0.25, 0.3) is 0 Å². The first-order valence-corrected chi connectivity index (χ1v) is 7.23. The van der Waals surface area contributed by atoms with E-state index in [4.69, 9.17) is 0 Å². The molecule has 3 heteroatoms. The van der Waals surface area contributed by atoms with Gasteiger partial charge in [-0.25, -0.2) is 23.3 Å². The average Bonchev–Trinajstić information content (AvgIpc) is 3.09. The quantitative estimate of drug-likeness (QED) is 0.319. The summed E-state index contributed by atoms with van der Waals surface area (Å²) >= 11 is 0. The summed E-state index contributed by atoms with van der Waals surface area (Å²) in [6, 6.07) is 0. The van der Waals surface area contributed by atoms with Gasteiger partial charge >= 0.3 is 0 Å². The maximum Gasteiger partial charge on any atom is 0 e. The Morgan fingerprint density at radius 3 is 1.38 bits per heavy atom. The van der Waals surface area contributed by atoms with Crippen LogP contribution < -0.4 is 0 Å². The van der Waals surface area contributed by atoms with Gasteiger partial charge in [0.05, 0.1) is 0 Å². The first kappa shape index (κ1) is 26.3. The van der Waals surface area contributed by atoms with Crippen molar-refractivity contribution >= 4 is 24.8 Å². The van der Waals surface area contributed by atoms with Gasteiger partial charge in [-0.05, 0) is 0 Å². The van der Waals surface area contributed by atoms with Gasteiger partial charge in [0.2, 0.25) is 0 Å². The van der Waals surface area contributed by atoms with Crippen molar-refractivity contribution in [3.63, 3.8) is 0 Å². The molecule has 0 aliphatic heterocycles. The predicted molar refractivity (Wildman–Crippen MR) is 94.4 cm³/mol. The monoisotopic (exact) mass is 494 g/mol. The molecule has 2 aliphatic rings. The number of allylic oxidation sites excluding steroid dienone is 8. The Kier molecular flexibility index (Phi) is 19.2. The van der Waals surface area contributed by atoms with Crippen LogP contribution in [-0.2, 0) is 25.8 Å². The molecule has 0 bridgehead atoms. The van der Waals surface area contributed by atoms with Gasteiger partial charge in [0.1, 0.15) is 0 Å². The zero-order valence-electron chi connectivity index (χ0n) is 13.6. The fourth-order valence-electron chi connectivity index (χ4n) is 1.96. The third-order valence-corrected chi connectivity index (χ3v) is 3.73. The third kappa shape index (κ3) is 9.92. The maximum atomic E-state index is 3.31. The van der Waals surface area contributed by atoms with Crippen LogP contribution in [0.2, 0.25) is 0 Å². The van der Waals surface area contributed by atoms with Gasteiger partial charge in [-0.2, -0.15) is 12.2 Å². The van der Waals surface area contributed by atoms with Crippen molar-refractivity contribution in [1.29, 1.82) is 0 Å². The van der Waals surface area contributed by atoms with Crippen LogP contribution in [0.1, 0.15) is 53.4 Å². The molecular weight excluding hydrogens is 466 g/mol. The zero-order chi connectivity index (χ0) is 13.4. The molecule has 2 aliphatic carbocycles. The van der Waals surface area contributed by atoms with Crippen LogP contribution in [0.4, 0.5) is 0 Å². The van der Waals surface area contributed by atoms with Gasteiger partial charge in [-0.1, -0.05) is 52.4 Å². The van der Waals surface area contributed by atoms with Crippen LogP contribution in [0.5, 0.6) is 0 Å². The molecule has 0 radical (unpaired) electrons. The molecule has 0 N–H and O–H groups in total. The Hall–Kier alpha value is 0.410. The van der Waals surface area contributed by atoms with Crippen LogP contribution in [0.3, 0.4) is 0 Å². The van der Waals surface area contributed by atoms with Gasteiger partial charge in [-0.3, -0.25) is 12.2 Å². The number of rotatable bonds is 4. The molecule has 0 fully saturated rings. The largest absolute Gasteiger partial charge is 0.269 e. The molecule has 120 valence electrons. The summed E-state index contributed by atoms with van der Waals surface area (Å²) in [6.45, 7) is 8.92. The Labute approximate surface area is 162 Å². The Balaban J connectivity index is -0.000000270. The topological polar surface area (TPSA) is 0 Å². The van der Waals surface area contributed by atoms with Crippen molar-refractivity contribution in [2.75, 3.05) is 0 Å². The summed E-state index contributed by atoms with van der Waals surface area (Å²) < 4.78 is 0.